The molecule has 0 amide bonds. The Kier molecular flexibility index (Phi) is 2.82. The molecule has 82 valence electrons. The molecular formula is C11H21NO2. The molecule has 3 nitrogen and oxygen atoms in total. The number of hydrogen-bond acceptors (Lipinski definition) is 3. The molecule has 4 unspecified atom stereocenters. The lowest BCUT2D eigenvalue weighted by Gasteiger charge is -2.44. The largest absolute Gasteiger partial charge is 0.381 e. The van der Waals surface area contributed by atoms with Gasteiger partial charge in [0.1, 0.15) is 0 Å². The minimum atomic E-state index is -0.0254. The Morgan fingerprint density at radius 2 is 2.14 bits per heavy atom. The maximum Gasteiger partial charge on any atom is 0.0833 e. The quantitative estimate of drug-likeness (QED) is 0.688. The van der Waals surface area contributed by atoms with Crippen LogP contribution in [0.5, 0.6) is 0 Å². The Labute approximate surface area is 86.2 Å². The minimum absolute atomic E-state index is 0.0254. The Balaban J connectivity index is 2.01. The molecule has 0 bridgehead atoms. The van der Waals surface area contributed by atoms with Gasteiger partial charge in [-0.2, -0.15) is 0 Å². The van der Waals surface area contributed by atoms with Gasteiger partial charge in [-0.25, -0.2) is 0 Å². The first-order chi connectivity index (χ1) is 6.62. The van der Waals surface area contributed by atoms with Gasteiger partial charge in [0, 0.05) is 25.1 Å². The van der Waals surface area contributed by atoms with Crippen LogP contribution in [-0.4, -0.2) is 37.5 Å². The predicted octanol–water partition coefficient (Wildman–Crippen LogP) is 1.18. The van der Waals surface area contributed by atoms with E-state index in [4.69, 9.17) is 9.47 Å². The van der Waals surface area contributed by atoms with Crippen molar-refractivity contribution in [2.45, 2.75) is 44.9 Å². The molecule has 0 aliphatic carbocycles. The van der Waals surface area contributed by atoms with Crippen LogP contribution in [0.3, 0.4) is 0 Å². The van der Waals surface area contributed by atoms with E-state index in [9.17, 15) is 0 Å². The third-order valence-corrected chi connectivity index (χ3v) is 3.73. The molecule has 2 aliphatic heterocycles. The van der Waals surface area contributed by atoms with Crippen molar-refractivity contribution in [3.8, 4) is 0 Å². The van der Waals surface area contributed by atoms with Crippen LogP contribution in [0.1, 0.15) is 27.2 Å². The Morgan fingerprint density at radius 1 is 1.36 bits per heavy atom. The molecule has 0 aromatic carbocycles. The zero-order valence-corrected chi connectivity index (χ0v) is 9.38. The van der Waals surface area contributed by atoms with E-state index in [1.54, 1.807) is 0 Å². The fourth-order valence-corrected chi connectivity index (χ4v) is 2.35. The lowest BCUT2D eigenvalue weighted by Crippen LogP contribution is -2.59. The second kappa shape index (κ2) is 3.80. The molecule has 1 N–H and O–H groups in total. The van der Waals surface area contributed by atoms with Gasteiger partial charge in [0.15, 0.2) is 0 Å². The first kappa shape index (κ1) is 10.4. The summed E-state index contributed by atoms with van der Waals surface area (Å²) >= 11 is 0. The molecule has 4 atom stereocenters. The summed E-state index contributed by atoms with van der Waals surface area (Å²) in [5.41, 5.74) is -0.0254. The summed E-state index contributed by atoms with van der Waals surface area (Å²) in [5, 5.41) is 3.52. The zero-order valence-electron chi connectivity index (χ0n) is 9.38. The molecule has 2 rings (SSSR count). The van der Waals surface area contributed by atoms with Crippen LogP contribution >= 0.6 is 0 Å². The summed E-state index contributed by atoms with van der Waals surface area (Å²) in [4.78, 5) is 0. The summed E-state index contributed by atoms with van der Waals surface area (Å²) in [6.07, 6.45) is 1.44. The van der Waals surface area contributed by atoms with Crippen LogP contribution in [-0.2, 0) is 9.47 Å². The summed E-state index contributed by atoms with van der Waals surface area (Å²) in [6, 6.07) is 0.463. The highest BCUT2D eigenvalue weighted by atomic mass is 16.5. The Bertz CT molecular complexity index is 203. The van der Waals surface area contributed by atoms with Gasteiger partial charge in [0.25, 0.3) is 0 Å². The molecule has 0 aromatic rings. The van der Waals surface area contributed by atoms with Crippen LogP contribution in [0, 0.1) is 5.92 Å². The standard InChI is InChI=1S/C11H21NO2/c1-8-9(2)14-11(3,7-12-8)10-4-5-13-6-10/h8-10,12H,4-7H2,1-3H3. The summed E-state index contributed by atoms with van der Waals surface area (Å²) in [5.74, 6) is 0.560. The minimum Gasteiger partial charge on any atom is -0.381 e. The van der Waals surface area contributed by atoms with Crippen LogP contribution in [0.4, 0.5) is 0 Å². The zero-order chi connectivity index (χ0) is 10.2. The average Bonchev–Trinajstić information content (AvgIpc) is 2.65. The topological polar surface area (TPSA) is 30.5 Å². The van der Waals surface area contributed by atoms with Crippen LogP contribution < -0.4 is 5.32 Å². The lowest BCUT2D eigenvalue weighted by molar-refractivity contribution is -0.144. The molecule has 0 saturated carbocycles. The maximum atomic E-state index is 6.13. The number of morpholine rings is 1. The van der Waals surface area contributed by atoms with Crippen molar-refractivity contribution >= 4 is 0 Å². The molecule has 14 heavy (non-hydrogen) atoms. The van der Waals surface area contributed by atoms with E-state index >= 15 is 0 Å². The van der Waals surface area contributed by atoms with Gasteiger partial charge in [-0.15, -0.1) is 0 Å². The first-order valence-electron chi connectivity index (χ1n) is 5.61. The van der Waals surface area contributed by atoms with Crippen LogP contribution in [0.2, 0.25) is 0 Å². The third kappa shape index (κ3) is 1.81. The second-order valence-corrected chi connectivity index (χ2v) is 4.87. The first-order valence-corrected chi connectivity index (χ1v) is 5.61. The third-order valence-electron chi connectivity index (χ3n) is 3.73. The molecular weight excluding hydrogens is 178 g/mol. The van der Waals surface area contributed by atoms with Crippen LogP contribution in [0.15, 0.2) is 0 Å². The van der Waals surface area contributed by atoms with Crippen molar-refractivity contribution in [1.29, 1.82) is 0 Å². The van der Waals surface area contributed by atoms with Gasteiger partial charge in [-0.1, -0.05) is 0 Å². The van der Waals surface area contributed by atoms with Gasteiger partial charge in [-0.05, 0) is 27.2 Å². The van der Waals surface area contributed by atoms with Crippen molar-refractivity contribution in [2.75, 3.05) is 19.8 Å². The van der Waals surface area contributed by atoms with Gasteiger partial charge in [-0.3, -0.25) is 0 Å². The van der Waals surface area contributed by atoms with Crippen molar-refractivity contribution in [2.24, 2.45) is 5.92 Å². The fourth-order valence-electron chi connectivity index (χ4n) is 2.35. The van der Waals surface area contributed by atoms with E-state index in [1.165, 1.54) is 0 Å². The lowest BCUT2D eigenvalue weighted by atomic mass is 9.86. The molecule has 0 aromatic heterocycles. The number of hydrogen-bond donors (Lipinski definition) is 1. The highest BCUT2D eigenvalue weighted by molar-refractivity contribution is 4.94. The number of ether oxygens (including phenoxy) is 2. The van der Waals surface area contributed by atoms with Gasteiger partial charge in [0.2, 0.25) is 0 Å². The summed E-state index contributed by atoms with van der Waals surface area (Å²) < 4.78 is 11.6. The van der Waals surface area contributed by atoms with E-state index in [0.717, 1.165) is 26.2 Å². The highest BCUT2D eigenvalue weighted by Crippen LogP contribution is 2.32. The Hall–Kier alpha value is -0.120. The monoisotopic (exact) mass is 199 g/mol. The van der Waals surface area contributed by atoms with Crippen molar-refractivity contribution in [3.05, 3.63) is 0 Å². The molecule has 2 heterocycles. The van der Waals surface area contributed by atoms with E-state index in [-0.39, 0.29) is 5.60 Å². The van der Waals surface area contributed by atoms with Crippen molar-refractivity contribution < 1.29 is 9.47 Å². The number of nitrogens with one attached hydrogen (secondary N) is 1. The SMILES string of the molecule is CC1NCC(C)(C2CCOC2)OC1C. The van der Waals surface area contributed by atoms with E-state index in [1.807, 2.05) is 0 Å². The van der Waals surface area contributed by atoms with Crippen LogP contribution in [0.25, 0.3) is 0 Å². The van der Waals surface area contributed by atoms with Gasteiger partial charge >= 0.3 is 0 Å². The van der Waals surface area contributed by atoms with E-state index in [2.05, 4.69) is 26.1 Å². The smallest absolute Gasteiger partial charge is 0.0833 e. The van der Waals surface area contributed by atoms with Gasteiger partial charge < -0.3 is 14.8 Å². The fraction of sp³-hybridized carbons (Fsp3) is 1.00. The summed E-state index contributed by atoms with van der Waals surface area (Å²) in [6.45, 7) is 9.24. The Morgan fingerprint density at radius 3 is 2.71 bits per heavy atom. The normalized spacial score (nSPS) is 49.5. The maximum absolute atomic E-state index is 6.13. The van der Waals surface area contributed by atoms with E-state index < -0.39 is 0 Å². The average molecular weight is 199 g/mol. The highest BCUT2D eigenvalue weighted by Gasteiger charge is 2.42. The van der Waals surface area contributed by atoms with Gasteiger partial charge in [0.05, 0.1) is 18.3 Å². The number of rotatable bonds is 1. The predicted molar refractivity (Wildman–Crippen MR) is 55.3 cm³/mol. The molecule has 3 heteroatoms. The molecule has 2 aliphatic rings. The summed E-state index contributed by atoms with van der Waals surface area (Å²) in [7, 11) is 0. The van der Waals surface area contributed by atoms with Crippen molar-refractivity contribution in [1.82, 2.24) is 5.32 Å². The second-order valence-electron chi connectivity index (χ2n) is 4.87. The molecule has 0 radical (unpaired) electrons. The molecule has 0 spiro atoms. The molecule has 2 fully saturated rings. The molecule has 2 saturated heterocycles. The van der Waals surface area contributed by atoms with Crippen molar-refractivity contribution in [3.63, 3.8) is 0 Å². The van der Waals surface area contributed by atoms with E-state index in [0.29, 0.717) is 18.1 Å².